The second kappa shape index (κ2) is 5.05. The van der Waals surface area contributed by atoms with Crippen molar-refractivity contribution in [1.82, 2.24) is 0 Å². The number of para-hydroxylation sites is 1. The van der Waals surface area contributed by atoms with Crippen LogP contribution in [0.3, 0.4) is 0 Å². The summed E-state index contributed by atoms with van der Waals surface area (Å²) in [6, 6.07) is 9.80. The Labute approximate surface area is 113 Å². The largest absolute Gasteiger partial charge is 0.503 e. The molecule has 0 fully saturated rings. The molecule has 0 aliphatic rings. The monoisotopic (exact) mass is 288 g/mol. The SMILES string of the molecule is Oc1c(Cl)cccc1Oc1cccc(Cl)c1Cl. The van der Waals surface area contributed by atoms with Crippen LogP contribution in [0.25, 0.3) is 0 Å². The zero-order chi connectivity index (χ0) is 12.4. The van der Waals surface area contributed by atoms with E-state index in [4.69, 9.17) is 39.5 Å². The third kappa shape index (κ3) is 2.60. The van der Waals surface area contributed by atoms with Gasteiger partial charge in [-0.1, -0.05) is 46.9 Å². The number of hydrogen-bond donors (Lipinski definition) is 1. The summed E-state index contributed by atoms with van der Waals surface area (Å²) < 4.78 is 5.45. The van der Waals surface area contributed by atoms with Crippen molar-refractivity contribution >= 4 is 34.8 Å². The first-order chi connectivity index (χ1) is 8.09. The molecule has 17 heavy (non-hydrogen) atoms. The summed E-state index contributed by atoms with van der Waals surface area (Å²) in [5.74, 6) is 0.448. The van der Waals surface area contributed by atoms with Gasteiger partial charge in [-0.3, -0.25) is 0 Å². The van der Waals surface area contributed by atoms with Gasteiger partial charge in [-0.05, 0) is 24.3 Å². The van der Waals surface area contributed by atoms with E-state index >= 15 is 0 Å². The Kier molecular flexibility index (Phi) is 3.67. The van der Waals surface area contributed by atoms with Gasteiger partial charge in [-0.25, -0.2) is 0 Å². The highest BCUT2D eigenvalue weighted by Crippen LogP contribution is 2.40. The maximum absolute atomic E-state index is 9.69. The van der Waals surface area contributed by atoms with Crippen molar-refractivity contribution in [3.63, 3.8) is 0 Å². The van der Waals surface area contributed by atoms with Crippen molar-refractivity contribution in [2.75, 3.05) is 0 Å². The van der Waals surface area contributed by atoms with Gasteiger partial charge in [0.1, 0.15) is 10.8 Å². The maximum Gasteiger partial charge on any atom is 0.177 e. The Morgan fingerprint density at radius 2 is 1.41 bits per heavy atom. The molecule has 1 N–H and O–H groups in total. The van der Waals surface area contributed by atoms with Crippen LogP contribution in [0.5, 0.6) is 17.2 Å². The van der Waals surface area contributed by atoms with Gasteiger partial charge >= 0.3 is 0 Å². The molecule has 0 bridgehead atoms. The number of halogens is 3. The van der Waals surface area contributed by atoms with E-state index < -0.39 is 0 Å². The first-order valence-corrected chi connectivity index (χ1v) is 5.82. The molecule has 2 rings (SSSR count). The average Bonchev–Trinajstić information content (AvgIpc) is 2.31. The van der Waals surface area contributed by atoms with E-state index in [2.05, 4.69) is 0 Å². The minimum absolute atomic E-state index is 0.134. The van der Waals surface area contributed by atoms with Crippen molar-refractivity contribution in [2.24, 2.45) is 0 Å². The minimum atomic E-state index is -0.134. The van der Waals surface area contributed by atoms with Crippen LogP contribution in [0.4, 0.5) is 0 Å². The summed E-state index contributed by atoms with van der Waals surface area (Å²) in [7, 11) is 0. The molecule has 2 nitrogen and oxygen atoms in total. The number of rotatable bonds is 2. The summed E-state index contributed by atoms with van der Waals surface area (Å²) in [5.41, 5.74) is 0. The lowest BCUT2D eigenvalue weighted by atomic mass is 10.3. The number of phenols is 1. The Hall–Kier alpha value is -1.09. The van der Waals surface area contributed by atoms with E-state index in [1.165, 1.54) is 0 Å². The van der Waals surface area contributed by atoms with E-state index in [0.717, 1.165) is 0 Å². The van der Waals surface area contributed by atoms with Crippen LogP contribution in [-0.2, 0) is 0 Å². The lowest BCUT2D eigenvalue weighted by molar-refractivity contribution is 0.411. The molecule has 0 unspecified atom stereocenters. The van der Waals surface area contributed by atoms with Gasteiger partial charge in [0, 0.05) is 0 Å². The molecule has 2 aromatic carbocycles. The molecule has 5 heteroatoms. The van der Waals surface area contributed by atoms with E-state index in [-0.39, 0.29) is 21.5 Å². The van der Waals surface area contributed by atoms with E-state index in [9.17, 15) is 5.11 Å². The molecule has 0 radical (unpaired) electrons. The number of phenolic OH excluding ortho intramolecular Hbond substituents is 1. The van der Waals surface area contributed by atoms with Crippen LogP contribution < -0.4 is 4.74 Å². The molecular weight excluding hydrogens is 282 g/mol. The second-order valence-corrected chi connectivity index (χ2v) is 4.43. The van der Waals surface area contributed by atoms with Crippen molar-refractivity contribution in [1.29, 1.82) is 0 Å². The van der Waals surface area contributed by atoms with Crippen LogP contribution in [0, 0.1) is 0 Å². The zero-order valence-corrected chi connectivity index (χ0v) is 10.7. The third-order valence-electron chi connectivity index (χ3n) is 2.09. The van der Waals surface area contributed by atoms with Crippen molar-refractivity contribution in [3.05, 3.63) is 51.5 Å². The van der Waals surface area contributed by atoms with Gasteiger partial charge in [-0.15, -0.1) is 0 Å². The van der Waals surface area contributed by atoms with Crippen molar-refractivity contribution in [2.45, 2.75) is 0 Å². The summed E-state index contributed by atoms with van der Waals surface area (Å²) >= 11 is 17.6. The van der Waals surface area contributed by atoms with E-state index in [0.29, 0.717) is 10.8 Å². The molecule has 0 saturated heterocycles. The predicted octanol–water partition coefficient (Wildman–Crippen LogP) is 5.14. The molecule has 0 aliphatic heterocycles. The molecule has 0 saturated carbocycles. The Morgan fingerprint density at radius 3 is 2.12 bits per heavy atom. The minimum Gasteiger partial charge on any atom is -0.503 e. The molecule has 0 spiro atoms. The molecule has 2 aromatic rings. The average molecular weight is 290 g/mol. The number of ether oxygens (including phenoxy) is 1. The summed E-state index contributed by atoms with van der Waals surface area (Å²) in [6.45, 7) is 0. The lowest BCUT2D eigenvalue weighted by Gasteiger charge is -2.10. The van der Waals surface area contributed by atoms with E-state index in [1.807, 2.05) is 0 Å². The fourth-order valence-corrected chi connectivity index (χ4v) is 1.76. The Bertz CT molecular complexity index is 506. The highest BCUT2D eigenvalue weighted by molar-refractivity contribution is 6.42. The number of hydrogen-bond acceptors (Lipinski definition) is 2. The van der Waals surface area contributed by atoms with Crippen LogP contribution in [0.2, 0.25) is 15.1 Å². The van der Waals surface area contributed by atoms with Gasteiger partial charge in [0.2, 0.25) is 0 Å². The van der Waals surface area contributed by atoms with Gasteiger partial charge in [0.25, 0.3) is 0 Å². The first kappa shape index (κ1) is 12.4. The fraction of sp³-hybridized carbons (Fsp3) is 0. The van der Waals surface area contributed by atoms with Crippen molar-refractivity contribution < 1.29 is 9.84 Å². The van der Waals surface area contributed by atoms with Gasteiger partial charge in [-0.2, -0.15) is 0 Å². The maximum atomic E-state index is 9.69. The zero-order valence-electron chi connectivity index (χ0n) is 8.45. The highest BCUT2D eigenvalue weighted by atomic mass is 35.5. The molecule has 0 aliphatic carbocycles. The van der Waals surface area contributed by atoms with Crippen LogP contribution in [-0.4, -0.2) is 5.11 Å². The third-order valence-corrected chi connectivity index (χ3v) is 3.19. The number of benzene rings is 2. The smallest absolute Gasteiger partial charge is 0.177 e. The normalized spacial score (nSPS) is 10.3. The molecule has 0 atom stereocenters. The van der Waals surface area contributed by atoms with Crippen LogP contribution >= 0.6 is 34.8 Å². The Morgan fingerprint density at radius 1 is 0.824 bits per heavy atom. The lowest BCUT2D eigenvalue weighted by Crippen LogP contribution is -1.86. The fourth-order valence-electron chi connectivity index (χ4n) is 1.26. The Balaban J connectivity index is 2.38. The highest BCUT2D eigenvalue weighted by Gasteiger charge is 2.11. The predicted molar refractivity (Wildman–Crippen MR) is 69.7 cm³/mol. The van der Waals surface area contributed by atoms with E-state index in [1.54, 1.807) is 36.4 Å². The molecule has 0 aromatic heterocycles. The van der Waals surface area contributed by atoms with Crippen molar-refractivity contribution in [3.8, 4) is 17.2 Å². The standard InChI is InChI=1S/C12H7Cl3O2/c13-7-3-1-5-9(11(7)15)17-10-6-2-4-8(14)12(10)16/h1-6,16H. The van der Waals surface area contributed by atoms with Gasteiger partial charge < -0.3 is 9.84 Å². The summed E-state index contributed by atoms with van der Waals surface area (Å²) in [4.78, 5) is 0. The summed E-state index contributed by atoms with van der Waals surface area (Å²) in [6.07, 6.45) is 0. The number of aromatic hydroxyl groups is 1. The second-order valence-electron chi connectivity index (χ2n) is 3.24. The molecule has 88 valence electrons. The van der Waals surface area contributed by atoms with Gasteiger partial charge in [0.05, 0.1) is 10.0 Å². The van der Waals surface area contributed by atoms with Gasteiger partial charge in [0.15, 0.2) is 11.5 Å². The summed E-state index contributed by atoms with van der Waals surface area (Å²) in [5, 5.41) is 10.6. The first-order valence-electron chi connectivity index (χ1n) is 4.69. The van der Waals surface area contributed by atoms with Crippen LogP contribution in [0.1, 0.15) is 0 Å². The molecular formula is C12H7Cl3O2. The molecule has 0 amide bonds. The quantitative estimate of drug-likeness (QED) is 0.829. The topological polar surface area (TPSA) is 29.5 Å². The van der Waals surface area contributed by atoms with Crippen LogP contribution in [0.15, 0.2) is 36.4 Å². The molecule has 0 heterocycles.